The fourth-order valence-electron chi connectivity index (χ4n) is 2.03. The maximum atomic E-state index is 13.3. The molecule has 0 saturated heterocycles. The molecule has 1 aromatic heterocycles. The second-order valence-corrected chi connectivity index (χ2v) is 6.84. The van der Waals surface area contributed by atoms with Crippen molar-refractivity contribution in [2.75, 3.05) is 0 Å². The zero-order chi connectivity index (χ0) is 18.0. The number of halogens is 5. The highest BCUT2D eigenvalue weighted by atomic mass is 35.5. The number of aliphatic imine (C=N–C) groups is 1. The number of aromatic nitrogens is 1. The van der Waals surface area contributed by atoms with Gasteiger partial charge in [-0.1, -0.05) is 58.8 Å². The Hall–Kier alpha value is -1.89. The van der Waals surface area contributed by atoms with Crippen molar-refractivity contribution in [3.8, 4) is 10.4 Å². The zero-order valence-corrected chi connectivity index (χ0v) is 14.7. The van der Waals surface area contributed by atoms with Gasteiger partial charge in [0.25, 0.3) is 0 Å². The molecule has 3 rings (SSSR count). The first kappa shape index (κ1) is 17.9. The van der Waals surface area contributed by atoms with E-state index in [4.69, 9.17) is 23.2 Å². The number of nitrogens with zero attached hydrogens (tertiary/aromatic N) is 2. The van der Waals surface area contributed by atoms with E-state index >= 15 is 0 Å². The molecule has 3 aromatic rings. The minimum atomic E-state index is -4.57. The van der Waals surface area contributed by atoms with Crippen LogP contribution in [0.1, 0.15) is 11.3 Å². The van der Waals surface area contributed by atoms with E-state index in [0.717, 1.165) is 11.3 Å². The molecular weight excluding hydrogens is 392 g/mol. The number of thiazole rings is 1. The molecule has 25 heavy (non-hydrogen) atoms. The second-order valence-electron chi connectivity index (χ2n) is 4.99. The van der Waals surface area contributed by atoms with E-state index in [-0.39, 0.29) is 10.0 Å². The number of rotatable bonds is 3. The largest absolute Gasteiger partial charge is 0.434 e. The number of hydrogen-bond donors (Lipinski definition) is 0. The Labute approximate surface area is 155 Å². The van der Waals surface area contributed by atoms with E-state index in [9.17, 15) is 13.2 Å². The van der Waals surface area contributed by atoms with Gasteiger partial charge in [-0.2, -0.15) is 13.2 Å². The normalized spacial score (nSPS) is 12.0. The summed E-state index contributed by atoms with van der Waals surface area (Å²) in [5.41, 5.74) is 0.145. The third-order valence-electron chi connectivity index (χ3n) is 3.18. The smallest absolute Gasteiger partial charge is 0.227 e. The molecule has 0 amide bonds. The second kappa shape index (κ2) is 7.15. The van der Waals surface area contributed by atoms with Gasteiger partial charge in [0.05, 0.1) is 4.88 Å². The van der Waals surface area contributed by atoms with E-state index < -0.39 is 11.9 Å². The maximum Gasteiger partial charge on any atom is 0.434 e. The molecule has 0 unspecified atom stereocenters. The average molecular weight is 401 g/mol. The molecule has 0 aliphatic rings. The quantitative estimate of drug-likeness (QED) is 0.439. The monoisotopic (exact) mass is 400 g/mol. The molecule has 2 nitrogen and oxygen atoms in total. The van der Waals surface area contributed by atoms with Crippen molar-refractivity contribution in [1.82, 2.24) is 4.98 Å². The first-order chi connectivity index (χ1) is 11.8. The third kappa shape index (κ3) is 4.39. The first-order valence-electron chi connectivity index (χ1n) is 6.96. The minimum absolute atomic E-state index is 0.00687. The van der Waals surface area contributed by atoms with Gasteiger partial charge >= 0.3 is 6.18 Å². The number of benzene rings is 2. The van der Waals surface area contributed by atoms with Crippen LogP contribution in [-0.2, 0) is 6.18 Å². The minimum Gasteiger partial charge on any atom is -0.227 e. The van der Waals surface area contributed by atoms with Gasteiger partial charge in [0.1, 0.15) is 0 Å². The summed E-state index contributed by atoms with van der Waals surface area (Å²) in [6, 6.07) is 12.9. The Morgan fingerprint density at radius 3 is 2.04 bits per heavy atom. The summed E-state index contributed by atoms with van der Waals surface area (Å²) in [5, 5.41) is 1.03. The predicted octanol–water partition coefficient (Wildman–Crippen LogP) is 6.89. The van der Waals surface area contributed by atoms with Crippen LogP contribution >= 0.6 is 34.5 Å². The van der Waals surface area contributed by atoms with Crippen LogP contribution in [0.15, 0.2) is 53.5 Å². The summed E-state index contributed by atoms with van der Waals surface area (Å²) >= 11 is 12.5. The molecule has 0 radical (unpaired) electrons. The SMILES string of the molecule is FC(F)(F)c1nc(/N=C/c2ccc(Cl)cc2)sc1-c1ccc(Cl)cc1. The topological polar surface area (TPSA) is 25.2 Å². The van der Waals surface area contributed by atoms with Crippen LogP contribution in [0.4, 0.5) is 18.3 Å². The fourth-order valence-corrected chi connectivity index (χ4v) is 3.22. The molecule has 8 heteroatoms. The summed E-state index contributed by atoms with van der Waals surface area (Å²) < 4.78 is 39.9. The van der Waals surface area contributed by atoms with E-state index in [1.165, 1.54) is 30.5 Å². The van der Waals surface area contributed by atoms with Gasteiger partial charge in [0.2, 0.25) is 5.13 Å². The molecule has 2 aromatic carbocycles. The van der Waals surface area contributed by atoms with Crippen LogP contribution in [0.25, 0.3) is 10.4 Å². The van der Waals surface area contributed by atoms with Crippen molar-refractivity contribution in [3.05, 3.63) is 69.8 Å². The summed E-state index contributed by atoms with van der Waals surface area (Å²) in [6.07, 6.45) is -3.12. The van der Waals surface area contributed by atoms with Crippen LogP contribution in [0.3, 0.4) is 0 Å². The molecule has 0 aliphatic heterocycles. The maximum absolute atomic E-state index is 13.3. The van der Waals surface area contributed by atoms with Gasteiger partial charge < -0.3 is 0 Å². The lowest BCUT2D eigenvalue weighted by Gasteiger charge is -2.05. The lowest BCUT2D eigenvalue weighted by atomic mass is 10.1. The van der Waals surface area contributed by atoms with Crippen LogP contribution < -0.4 is 0 Å². The standard InChI is InChI=1S/C17H9Cl2F3N2S/c18-12-5-1-10(2-6-12)9-23-16-24-15(17(20,21)22)14(25-16)11-3-7-13(19)8-4-11/h1-9H/b23-9+. The van der Waals surface area contributed by atoms with Gasteiger partial charge in [-0.15, -0.1) is 0 Å². The predicted molar refractivity (Wildman–Crippen MR) is 96.3 cm³/mol. The Morgan fingerprint density at radius 1 is 0.920 bits per heavy atom. The highest BCUT2D eigenvalue weighted by Crippen LogP contribution is 2.42. The molecule has 128 valence electrons. The van der Waals surface area contributed by atoms with Crippen molar-refractivity contribution in [2.24, 2.45) is 4.99 Å². The highest BCUT2D eigenvalue weighted by Gasteiger charge is 2.37. The lowest BCUT2D eigenvalue weighted by molar-refractivity contribution is -0.140. The molecular formula is C17H9Cl2F3N2S. The van der Waals surface area contributed by atoms with E-state index in [0.29, 0.717) is 21.2 Å². The van der Waals surface area contributed by atoms with Crippen LogP contribution in [0, 0.1) is 0 Å². The van der Waals surface area contributed by atoms with Gasteiger partial charge in [0, 0.05) is 16.3 Å². The molecule has 0 spiro atoms. The third-order valence-corrected chi connectivity index (χ3v) is 4.70. The van der Waals surface area contributed by atoms with E-state index in [1.807, 2.05) is 0 Å². The highest BCUT2D eigenvalue weighted by molar-refractivity contribution is 7.18. The molecule has 1 heterocycles. The van der Waals surface area contributed by atoms with Gasteiger partial charge in [0.15, 0.2) is 5.69 Å². The first-order valence-corrected chi connectivity index (χ1v) is 8.54. The average Bonchev–Trinajstić information content (AvgIpc) is 3.00. The van der Waals surface area contributed by atoms with Crippen molar-refractivity contribution < 1.29 is 13.2 Å². The number of hydrogen-bond acceptors (Lipinski definition) is 3. The van der Waals surface area contributed by atoms with E-state index in [2.05, 4.69) is 9.98 Å². The van der Waals surface area contributed by atoms with Gasteiger partial charge in [-0.25, -0.2) is 9.98 Å². The molecule has 0 bridgehead atoms. The van der Waals surface area contributed by atoms with Crippen molar-refractivity contribution in [3.63, 3.8) is 0 Å². The van der Waals surface area contributed by atoms with Crippen LogP contribution in [0.2, 0.25) is 10.0 Å². The van der Waals surface area contributed by atoms with Crippen molar-refractivity contribution >= 4 is 45.9 Å². The molecule has 0 aliphatic carbocycles. The van der Waals surface area contributed by atoms with E-state index in [1.54, 1.807) is 24.3 Å². The van der Waals surface area contributed by atoms with Crippen molar-refractivity contribution in [2.45, 2.75) is 6.18 Å². The van der Waals surface area contributed by atoms with Crippen molar-refractivity contribution in [1.29, 1.82) is 0 Å². The molecule has 0 atom stereocenters. The van der Waals surface area contributed by atoms with Crippen LogP contribution in [0.5, 0.6) is 0 Å². The van der Waals surface area contributed by atoms with Gasteiger partial charge in [-0.05, 0) is 35.4 Å². The summed E-state index contributed by atoms with van der Waals surface area (Å²) in [7, 11) is 0. The Balaban J connectivity index is 1.98. The summed E-state index contributed by atoms with van der Waals surface area (Å²) in [5.74, 6) is 0. The van der Waals surface area contributed by atoms with Crippen LogP contribution in [-0.4, -0.2) is 11.2 Å². The molecule has 0 saturated carbocycles. The molecule has 0 fully saturated rings. The Kier molecular flexibility index (Phi) is 5.13. The summed E-state index contributed by atoms with van der Waals surface area (Å²) in [6.45, 7) is 0. The molecule has 0 N–H and O–H groups in total. The number of alkyl halides is 3. The Bertz CT molecular complexity index is 901. The summed E-state index contributed by atoms with van der Waals surface area (Å²) in [4.78, 5) is 7.71. The Morgan fingerprint density at radius 2 is 1.48 bits per heavy atom. The lowest BCUT2D eigenvalue weighted by Crippen LogP contribution is -2.06. The van der Waals surface area contributed by atoms with Gasteiger partial charge in [-0.3, -0.25) is 0 Å². The fraction of sp³-hybridized carbons (Fsp3) is 0.0588. The zero-order valence-electron chi connectivity index (χ0n) is 12.4.